The molecule has 0 aliphatic heterocycles. The summed E-state index contributed by atoms with van der Waals surface area (Å²) in [7, 11) is 0. The quantitative estimate of drug-likeness (QED) is 0.610. The predicted octanol–water partition coefficient (Wildman–Crippen LogP) is 0.205. The number of terminal acetylenes is 1. The van der Waals surface area contributed by atoms with E-state index in [0.29, 0.717) is 19.5 Å². The maximum atomic E-state index is 11.3. The maximum absolute atomic E-state index is 11.3. The van der Waals surface area contributed by atoms with E-state index in [1.54, 1.807) is 4.90 Å². The summed E-state index contributed by atoms with van der Waals surface area (Å²) in [5.74, 6) is 2.47. The van der Waals surface area contributed by atoms with Crippen molar-refractivity contribution in [2.75, 3.05) is 13.1 Å². The smallest absolute Gasteiger partial charge is 0.224 e. The summed E-state index contributed by atoms with van der Waals surface area (Å²) >= 11 is 0. The van der Waals surface area contributed by atoms with Crippen LogP contribution in [0.5, 0.6) is 0 Å². The summed E-state index contributed by atoms with van der Waals surface area (Å²) < 4.78 is 0. The fraction of sp³-hybridized carbons (Fsp3) is 0.667. The standard InChI is InChI=1S/C9H16N2O/c1-4-6-11(5-2)9(12)7-8(3)10/h1,8H,5-7,10H2,2-3H3. The van der Waals surface area contributed by atoms with E-state index >= 15 is 0 Å². The van der Waals surface area contributed by atoms with Gasteiger partial charge in [0.1, 0.15) is 0 Å². The lowest BCUT2D eigenvalue weighted by molar-refractivity contribution is -0.130. The van der Waals surface area contributed by atoms with E-state index < -0.39 is 0 Å². The van der Waals surface area contributed by atoms with Crippen LogP contribution in [0.3, 0.4) is 0 Å². The number of nitrogens with zero attached hydrogens (tertiary/aromatic N) is 1. The highest BCUT2D eigenvalue weighted by Gasteiger charge is 2.11. The second-order valence-corrected chi connectivity index (χ2v) is 2.79. The van der Waals surface area contributed by atoms with Crippen LogP contribution in [-0.4, -0.2) is 29.9 Å². The van der Waals surface area contributed by atoms with Gasteiger partial charge in [-0.1, -0.05) is 5.92 Å². The van der Waals surface area contributed by atoms with Gasteiger partial charge in [0, 0.05) is 19.0 Å². The Balaban J connectivity index is 3.96. The molecule has 1 amide bonds. The van der Waals surface area contributed by atoms with Crippen molar-refractivity contribution < 1.29 is 4.79 Å². The number of nitrogens with two attached hydrogens (primary N) is 1. The Morgan fingerprint density at radius 2 is 2.33 bits per heavy atom. The molecule has 68 valence electrons. The number of rotatable bonds is 4. The molecule has 0 aliphatic rings. The van der Waals surface area contributed by atoms with Crippen LogP contribution >= 0.6 is 0 Å². The zero-order valence-corrected chi connectivity index (χ0v) is 7.71. The average Bonchev–Trinajstić information content (AvgIpc) is 1.98. The van der Waals surface area contributed by atoms with Gasteiger partial charge in [0.05, 0.1) is 6.54 Å². The van der Waals surface area contributed by atoms with Gasteiger partial charge in [0.25, 0.3) is 0 Å². The van der Waals surface area contributed by atoms with Gasteiger partial charge in [-0.25, -0.2) is 0 Å². The Morgan fingerprint density at radius 1 is 1.75 bits per heavy atom. The van der Waals surface area contributed by atoms with Gasteiger partial charge in [-0.2, -0.15) is 0 Å². The van der Waals surface area contributed by atoms with Gasteiger partial charge in [0.2, 0.25) is 5.91 Å². The lowest BCUT2D eigenvalue weighted by Crippen LogP contribution is -2.34. The Kier molecular flexibility index (Phi) is 5.14. The monoisotopic (exact) mass is 168 g/mol. The first-order valence-electron chi connectivity index (χ1n) is 4.08. The van der Waals surface area contributed by atoms with Crippen molar-refractivity contribution >= 4 is 5.91 Å². The van der Waals surface area contributed by atoms with Crippen LogP contribution in [0, 0.1) is 12.3 Å². The van der Waals surface area contributed by atoms with Gasteiger partial charge in [0.15, 0.2) is 0 Å². The second kappa shape index (κ2) is 5.62. The number of carbonyl (C=O) groups excluding carboxylic acids is 1. The molecule has 0 aromatic carbocycles. The van der Waals surface area contributed by atoms with Gasteiger partial charge >= 0.3 is 0 Å². The first-order valence-corrected chi connectivity index (χ1v) is 4.08. The van der Waals surface area contributed by atoms with E-state index in [-0.39, 0.29) is 11.9 Å². The van der Waals surface area contributed by atoms with Crippen molar-refractivity contribution in [3.63, 3.8) is 0 Å². The largest absolute Gasteiger partial charge is 0.332 e. The second-order valence-electron chi connectivity index (χ2n) is 2.79. The Bertz CT molecular complexity index is 181. The normalized spacial score (nSPS) is 11.8. The van der Waals surface area contributed by atoms with E-state index in [2.05, 4.69) is 5.92 Å². The molecule has 2 N–H and O–H groups in total. The molecular formula is C9H16N2O. The molecule has 1 atom stereocenters. The molecule has 0 aliphatic carbocycles. The lowest BCUT2D eigenvalue weighted by atomic mass is 10.2. The molecule has 0 aromatic rings. The molecule has 0 saturated carbocycles. The zero-order valence-electron chi connectivity index (χ0n) is 7.71. The molecule has 0 saturated heterocycles. The predicted molar refractivity (Wildman–Crippen MR) is 49.4 cm³/mol. The topological polar surface area (TPSA) is 46.3 Å². The molecule has 0 spiro atoms. The summed E-state index contributed by atoms with van der Waals surface area (Å²) in [6, 6.07) is -0.0932. The number of carbonyl (C=O) groups is 1. The van der Waals surface area contributed by atoms with Gasteiger partial charge in [-0.05, 0) is 13.8 Å². The molecule has 0 heterocycles. The van der Waals surface area contributed by atoms with Crippen LogP contribution < -0.4 is 5.73 Å². The van der Waals surface area contributed by atoms with Gasteiger partial charge in [-0.15, -0.1) is 6.42 Å². The highest BCUT2D eigenvalue weighted by Crippen LogP contribution is 1.95. The van der Waals surface area contributed by atoms with Crippen molar-refractivity contribution in [2.45, 2.75) is 26.3 Å². The van der Waals surface area contributed by atoms with Crippen LogP contribution in [0.25, 0.3) is 0 Å². The third-order valence-corrected chi connectivity index (χ3v) is 1.51. The molecule has 3 heteroatoms. The van der Waals surface area contributed by atoms with Crippen molar-refractivity contribution in [1.29, 1.82) is 0 Å². The third kappa shape index (κ3) is 3.99. The van der Waals surface area contributed by atoms with Crippen LogP contribution in [0.15, 0.2) is 0 Å². The molecule has 3 nitrogen and oxygen atoms in total. The van der Waals surface area contributed by atoms with Crippen LogP contribution in [0.1, 0.15) is 20.3 Å². The highest BCUT2D eigenvalue weighted by atomic mass is 16.2. The summed E-state index contributed by atoms with van der Waals surface area (Å²) in [5.41, 5.74) is 5.48. The molecule has 0 radical (unpaired) electrons. The van der Waals surface area contributed by atoms with Crippen molar-refractivity contribution in [1.82, 2.24) is 4.90 Å². The van der Waals surface area contributed by atoms with Crippen LogP contribution in [0.2, 0.25) is 0 Å². The van der Waals surface area contributed by atoms with Crippen LogP contribution in [0.4, 0.5) is 0 Å². The molecule has 12 heavy (non-hydrogen) atoms. The number of amides is 1. The summed E-state index contributed by atoms with van der Waals surface area (Å²) in [4.78, 5) is 12.9. The fourth-order valence-electron chi connectivity index (χ4n) is 0.891. The first-order chi connectivity index (χ1) is 5.61. The molecule has 1 unspecified atom stereocenters. The molecule has 0 fully saturated rings. The Labute approximate surface area is 73.9 Å². The van der Waals surface area contributed by atoms with Crippen molar-refractivity contribution in [2.24, 2.45) is 5.73 Å². The van der Waals surface area contributed by atoms with Gasteiger partial charge < -0.3 is 10.6 Å². The minimum atomic E-state index is -0.0932. The van der Waals surface area contributed by atoms with E-state index in [9.17, 15) is 4.79 Å². The third-order valence-electron chi connectivity index (χ3n) is 1.51. The van der Waals surface area contributed by atoms with E-state index in [1.807, 2.05) is 13.8 Å². The maximum Gasteiger partial charge on any atom is 0.224 e. The highest BCUT2D eigenvalue weighted by molar-refractivity contribution is 5.77. The zero-order chi connectivity index (χ0) is 9.56. The van der Waals surface area contributed by atoms with E-state index in [1.165, 1.54) is 0 Å². The molecule has 0 aromatic heterocycles. The van der Waals surface area contributed by atoms with Crippen LogP contribution in [-0.2, 0) is 4.79 Å². The Hall–Kier alpha value is -1.01. The summed E-state index contributed by atoms with van der Waals surface area (Å²) in [6.07, 6.45) is 5.47. The summed E-state index contributed by atoms with van der Waals surface area (Å²) in [5, 5.41) is 0. The Morgan fingerprint density at radius 3 is 2.67 bits per heavy atom. The SMILES string of the molecule is C#CCN(CC)C(=O)CC(C)N. The van der Waals surface area contributed by atoms with Gasteiger partial charge in [-0.3, -0.25) is 4.79 Å². The minimum Gasteiger partial charge on any atom is -0.332 e. The van der Waals surface area contributed by atoms with E-state index in [0.717, 1.165) is 0 Å². The lowest BCUT2D eigenvalue weighted by Gasteiger charge is -2.18. The molecule has 0 rings (SSSR count). The first kappa shape index (κ1) is 11.0. The number of hydrogen-bond acceptors (Lipinski definition) is 2. The minimum absolute atomic E-state index is 0.0328. The fourth-order valence-corrected chi connectivity index (χ4v) is 0.891. The number of hydrogen-bond donors (Lipinski definition) is 1. The average molecular weight is 168 g/mol. The molecular weight excluding hydrogens is 152 g/mol. The van der Waals surface area contributed by atoms with Crippen molar-refractivity contribution in [3.8, 4) is 12.3 Å². The summed E-state index contributed by atoms with van der Waals surface area (Å²) in [6.45, 7) is 4.73. The van der Waals surface area contributed by atoms with Crippen molar-refractivity contribution in [3.05, 3.63) is 0 Å². The molecule has 0 bridgehead atoms. The van der Waals surface area contributed by atoms with E-state index in [4.69, 9.17) is 12.2 Å².